The van der Waals surface area contributed by atoms with Gasteiger partial charge >= 0.3 is 6.18 Å². The average Bonchev–Trinajstić information content (AvgIpc) is 3.53. The smallest absolute Gasteiger partial charge is 0.417 e. The first-order chi connectivity index (χ1) is 25.8. The maximum Gasteiger partial charge on any atom is 0.417 e. The minimum Gasteiger partial charge on any atom is -0.504 e. The van der Waals surface area contributed by atoms with Crippen molar-refractivity contribution in [3.63, 3.8) is 0 Å². The summed E-state index contributed by atoms with van der Waals surface area (Å²) < 4.78 is 45.7. The Bertz CT molecular complexity index is 2270. The van der Waals surface area contributed by atoms with Crippen molar-refractivity contribution in [2.45, 2.75) is 30.4 Å². The highest BCUT2D eigenvalue weighted by atomic mass is 35.5. The number of allylic oxidation sites excluding steroid dienone is 2. The number of alkyl halides is 3. The standard InChI is InChI=1S/C39H29Cl2F3N4O6/c1-54-30-14-7-19(15-29(30)49)32-24-12-13-25-31(36(52)47(34(25)50)23-5-3-2-4-6-23)26(24)17-27-35(51)48(37(53)38(27,32)20-8-10-22(40)11-9-20)46-33-28(41)16-21(18-45-33)39(42,43)44/h2-12,14-16,18,25-27,31-32,49H,13,17H2,1H3,(H,45,46)/t25-,26+,27-,31-,32-,38+/m0/s1. The van der Waals surface area contributed by atoms with E-state index in [1.807, 2.05) is 6.08 Å². The molecule has 2 aliphatic heterocycles. The molecule has 4 aromatic rings. The molecule has 3 fully saturated rings. The second kappa shape index (κ2) is 12.9. The molecule has 8 rings (SSSR count). The lowest BCUT2D eigenvalue weighted by molar-refractivity contribution is -0.139. The van der Waals surface area contributed by atoms with Crippen molar-refractivity contribution in [1.82, 2.24) is 9.99 Å². The van der Waals surface area contributed by atoms with E-state index in [2.05, 4.69) is 10.4 Å². The van der Waals surface area contributed by atoms with E-state index in [9.17, 15) is 32.7 Å². The van der Waals surface area contributed by atoms with Gasteiger partial charge in [0, 0.05) is 17.1 Å². The monoisotopic (exact) mass is 776 g/mol. The van der Waals surface area contributed by atoms with Crippen LogP contribution >= 0.6 is 23.2 Å². The summed E-state index contributed by atoms with van der Waals surface area (Å²) in [5.41, 5.74) is 1.54. The normalized spacial score (nSPS) is 26.3. The third-order valence-corrected chi connectivity index (χ3v) is 11.6. The van der Waals surface area contributed by atoms with E-state index in [0.717, 1.165) is 0 Å². The SMILES string of the molecule is COc1ccc([C@H]2C3=CC[C@@H]4C(=O)N(c5ccccc5)C(=O)[C@@H]4[C@@H]3C[C@H]3C(=O)N(Nc4ncc(C(F)(F)F)cc4Cl)C(=O)[C@@]23c2ccc(Cl)cc2)cc1O. The second-order valence-electron chi connectivity index (χ2n) is 13.7. The third kappa shape index (κ3) is 5.27. The molecule has 4 aliphatic rings. The second-order valence-corrected chi connectivity index (χ2v) is 14.5. The van der Waals surface area contributed by atoms with Crippen LogP contribution in [0.5, 0.6) is 11.5 Å². The molecule has 276 valence electrons. The van der Waals surface area contributed by atoms with Crippen molar-refractivity contribution in [2.75, 3.05) is 17.4 Å². The van der Waals surface area contributed by atoms with Crippen molar-refractivity contribution in [3.8, 4) is 11.5 Å². The largest absolute Gasteiger partial charge is 0.504 e. The number of rotatable bonds is 6. The van der Waals surface area contributed by atoms with Gasteiger partial charge in [-0.3, -0.25) is 29.5 Å². The fraction of sp³-hybridized carbons (Fsp3) is 0.256. The number of imide groups is 2. The van der Waals surface area contributed by atoms with Gasteiger partial charge in [0.2, 0.25) is 11.8 Å². The quantitative estimate of drug-likeness (QED) is 0.154. The zero-order valence-electron chi connectivity index (χ0n) is 28.2. The number of amides is 4. The molecule has 4 amide bonds. The zero-order chi connectivity index (χ0) is 38.3. The Hall–Kier alpha value is -5.40. The Labute approximate surface area is 316 Å². The van der Waals surface area contributed by atoms with Crippen molar-refractivity contribution >= 4 is 58.3 Å². The minimum atomic E-state index is -4.75. The van der Waals surface area contributed by atoms with Crippen LogP contribution in [0.25, 0.3) is 0 Å². The maximum atomic E-state index is 15.3. The van der Waals surface area contributed by atoms with E-state index in [1.165, 1.54) is 24.1 Å². The van der Waals surface area contributed by atoms with E-state index in [4.69, 9.17) is 27.9 Å². The number of carbonyl (C=O) groups excluding carboxylic acids is 4. The van der Waals surface area contributed by atoms with Gasteiger partial charge in [-0.15, -0.1) is 0 Å². The number of ether oxygens (including phenoxy) is 1. The number of phenolic OH excluding ortho intramolecular Hbond substituents is 1. The number of phenols is 1. The Morgan fingerprint density at radius 2 is 1.65 bits per heavy atom. The minimum absolute atomic E-state index is 0.0488. The molecule has 1 aromatic heterocycles. The van der Waals surface area contributed by atoms with E-state index < -0.39 is 69.5 Å². The number of nitrogens with zero attached hydrogens (tertiary/aromatic N) is 3. The number of halogens is 5. The number of hydrogen-bond donors (Lipinski definition) is 2. The number of para-hydroxylation sites is 1. The highest BCUT2D eigenvalue weighted by molar-refractivity contribution is 6.33. The van der Waals surface area contributed by atoms with Crippen LogP contribution < -0.4 is 15.1 Å². The first kappa shape index (κ1) is 35.6. The molecule has 10 nitrogen and oxygen atoms in total. The van der Waals surface area contributed by atoms with Crippen molar-refractivity contribution in [2.24, 2.45) is 23.7 Å². The molecule has 2 aliphatic carbocycles. The molecule has 3 aromatic carbocycles. The summed E-state index contributed by atoms with van der Waals surface area (Å²) >= 11 is 12.6. The van der Waals surface area contributed by atoms with E-state index in [0.29, 0.717) is 44.7 Å². The van der Waals surface area contributed by atoms with Gasteiger partial charge in [-0.1, -0.05) is 71.2 Å². The number of anilines is 2. The number of methoxy groups -OCH3 is 1. The third-order valence-electron chi connectivity index (χ3n) is 11.1. The van der Waals surface area contributed by atoms with E-state index >= 15 is 4.79 Å². The van der Waals surface area contributed by atoms with Crippen LogP contribution in [-0.4, -0.2) is 45.8 Å². The fourth-order valence-corrected chi connectivity index (χ4v) is 9.21. The van der Waals surface area contributed by atoms with Gasteiger partial charge in [0.15, 0.2) is 17.3 Å². The molecular weight excluding hydrogens is 748 g/mol. The number of aromatic hydroxyl groups is 1. The Kier molecular flexibility index (Phi) is 8.49. The molecule has 0 radical (unpaired) electrons. The van der Waals surface area contributed by atoms with Crippen LogP contribution in [0.15, 0.2) is 96.7 Å². The Morgan fingerprint density at radius 1 is 0.926 bits per heavy atom. The summed E-state index contributed by atoms with van der Waals surface area (Å²) in [6.45, 7) is 0. The average molecular weight is 778 g/mol. The van der Waals surface area contributed by atoms with Crippen LogP contribution in [0, 0.1) is 23.7 Å². The van der Waals surface area contributed by atoms with Gasteiger partial charge in [-0.2, -0.15) is 18.2 Å². The Balaban J connectivity index is 1.32. The molecule has 54 heavy (non-hydrogen) atoms. The van der Waals surface area contributed by atoms with Gasteiger partial charge < -0.3 is 9.84 Å². The number of benzene rings is 3. The van der Waals surface area contributed by atoms with E-state index in [1.54, 1.807) is 60.7 Å². The number of pyridine rings is 1. The van der Waals surface area contributed by atoms with Crippen LogP contribution in [0.3, 0.4) is 0 Å². The summed E-state index contributed by atoms with van der Waals surface area (Å²) in [4.78, 5) is 63.3. The fourth-order valence-electron chi connectivity index (χ4n) is 8.88. The van der Waals surface area contributed by atoms with E-state index in [-0.39, 0.29) is 36.1 Å². The molecule has 2 saturated heterocycles. The van der Waals surface area contributed by atoms with Gasteiger partial charge in [-0.05, 0) is 72.4 Å². The highest BCUT2D eigenvalue weighted by Gasteiger charge is 2.70. The van der Waals surface area contributed by atoms with Crippen LogP contribution in [0.2, 0.25) is 10.0 Å². The highest BCUT2D eigenvalue weighted by Crippen LogP contribution is 2.64. The van der Waals surface area contributed by atoms with Crippen molar-refractivity contribution in [3.05, 3.63) is 123 Å². The molecule has 0 spiro atoms. The summed E-state index contributed by atoms with van der Waals surface area (Å²) in [6, 6.07) is 20.2. The zero-order valence-corrected chi connectivity index (χ0v) is 29.7. The lowest BCUT2D eigenvalue weighted by Crippen LogP contribution is -2.53. The van der Waals surface area contributed by atoms with Gasteiger partial charge in [0.05, 0.1) is 46.6 Å². The predicted molar refractivity (Wildman–Crippen MR) is 190 cm³/mol. The maximum absolute atomic E-state index is 15.3. The first-order valence-corrected chi connectivity index (χ1v) is 17.7. The van der Waals surface area contributed by atoms with Crippen LogP contribution in [0.4, 0.5) is 24.7 Å². The molecule has 0 unspecified atom stereocenters. The number of carbonyl (C=O) groups is 4. The molecule has 6 atom stereocenters. The van der Waals surface area contributed by atoms with Crippen LogP contribution in [0.1, 0.15) is 35.4 Å². The van der Waals surface area contributed by atoms with Gasteiger partial charge in [-0.25, -0.2) is 4.98 Å². The lowest BCUT2D eigenvalue weighted by atomic mass is 9.49. The van der Waals surface area contributed by atoms with Crippen molar-refractivity contribution in [1.29, 1.82) is 0 Å². The number of hydrogen-bond acceptors (Lipinski definition) is 8. The van der Waals surface area contributed by atoms with Crippen LogP contribution in [-0.2, 0) is 30.8 Å². The summed E-state index contributed by atoms with van der Waals surface area (Å²) in [7, 11) is 1.38. The number of nitrogens with one attached hydrogen (secondary N) is 1. The van der Waals surface area contributed by atoms with Crippen molar-refractivity contribution < 1.29 is 42.2 Å². The molecular formula is C39H29Cl2F3N4O6. The summed E-state index contributed by atoms with van der Waals surface area (Å²) in [5.74, 6) is -7.35. The number of aromatic nitrogens is 1. The van der Waals surface area contributed by atoms with Gasteiger partial charge in [0.25, 0.3) is 11.8 Å². The number of fused-ring (bicyclic) bond motifs is 4. The predicted octanol–water partition coefficient (Wildman–Crippen LogP) is 7.31. The lowest BCUT2D eigenvalue weighted by Gasteiger charge is -2.50. The number of hydrazine groups is 1. The Morgan fingerprint density at radius 3 is 2.30 bits per heavy atom. The molecule has 2 N–H and O–H groups in total. The van der Waals surface area contributed by atoms with Gasteiger partial charge in [0.1, 0.15) is 0 Å². The summed E-state index contributed by atoms with van der Waals surface area (Å²) in [6.07, 6.45) is -2.25. The summed E-state index contributed by atoms with van der Waals surface area (Å²) in [5, 5.41) is 11.6. The molecule has 1 saturated carbocycles. The molecule has 3 heterocycles. The molecule has 0 bridgehead atoms. The molecule has 15 heteroatoms. The topological polar surface area (TPSA) is 129 Å². The first-order valence-electron chi connectivity index (χ1n) is 16.9.